The fourth-order valence-electron chi connectivity index (χ4n) is 4.91. The third kappa shape index (κ3) is 4.80. The maximum absolute atomic E-state index is 14.3. The normalized spacial score (nSPS) is 11.7. The predicted molar refractivity (Wildman–Crippen MR) is 165 cm³/mol. The van der Waals surface area contributed by atoms with Crippen molar-refractivity contribution in [3.63, 3.8) is 0 Å². The van der Waals surface area contributed by atoms with E-state index in [1.807, 2.05) is 74.5 Å². The van der Waals surface area contributed by atoms with Gasteiger partial charge in [-0.05, 0) is 66.2 Å². The van der Waals surface area contributed by atoms with Gasteiger partial charge in [-0.3, -0.25) is 19.1 Å². The Labute approximate surface area is 249 Å². The summed E-state index contributed by atoms with van der Waals surface area (Å²) in [4.78, 5) is 36.4. The quantitative estimate of drug-likeness (QED) is 0.269. The summed E-state index contributed by atoms with van der Waals surface area (Å²) < 4.78 is 3.74. The molecule has 0 bridgehead atoms. The van der Waals surface area contributed by atoms with Gasteiger partial charge in [0.15, 0.2) is 11.5 Å². The Hall–Kier alpha value is -5.27. The molecule has 0 saturated heterocycles. The number of amides is 1. The van der Waals surface area contributed by atoms with Gasteiger partial charge >= 0.3 is 0 Å². The monoisotopic (exact) mass is 617 g/mol. The number of pyridine rings is 2. The molecule has 0 fully saturated rings. The van der Waals surface area contributed by atoms with Crippen molar-refractivity contribution < 1.29 is 4.79 Å². The second kappa shape index (κ2) is 11.0. The van der Waals surface area contributed by atoms with E-state index in [-0.39, 0.29) is 16.9 Å². The molecule has 0 unspecified atom stereocenters. The highest BCUT2D eigenvalue weighted by atomic mass is 79.9. The molecule has 6 rings (SSSR count). The third-order valence-corrected chi connectivity index (χ3v) is 7.69. The van der Waals surface area contributed by atoms with Gasteiger partial charge < -0.3 is 11.1 Å². The van der Waals surface area contributed by atoms with Gasteiger partial charge in [-0.15, -0.1) is 5.10 Å². The Bertz CT molecular complexity index is 2110. The van der Waals surface area contributed by atoms with E-state index in [0.29, 0.717) is 37.8 Å². The van der Waals surface area contributed by atoms with Crippen molar-refractivity contribution in [1.29, 1.82) is 0 Å². The summed E-state index contributed by atoms with van der Waals surface area (Å²) in [5.74, 6) is 5.90. The summed E-state index contributed by atoms with van der Waals surface area (Å²) in [5, 5.41) is 8.39. The number of nitrogens with zero attached hydrogens (tertiary/aromatic N) is 5. The van der Waals surface area contributed by atoms with E-state index in [1.165, 1.54) is 4.52 Å². The first-order valence-electron chi connectivity index (χ1n) is 13.1. The number of hydrogen-bond donors (Lipinski definition) is 2. The number of hydrogen-bond acceptors (Lipinski definition) is 6. The molecule has 0 spiro atoms. The summed E-state index contributed by atoms with van der Waals surface area (Å²) >= 11 is 3.78. The Morgan fingerprint density at radius 2 is 1.79 bits per heavy atom. The predicted octanol–water partition coefficient (Wildman–Crippen LogP) is 4.97. The molecule has 6 aromatic rings. The number of aromatic nitrogens is 5. The molecule has 10 heteroatoms. The second-order valence-corrected chi connectivity index (χ2v) is 10.5. The highest BCUT2D eigenvalue weighted by Gasteiger charge is 2.26. The van der Waals surface area contributed by atoms with E-state index in [2.05, 4.69) is 48.2 Å². The van der Waals surface area contributed by atoms with Crippen LogP contribution in [0.25, 0.3) is 22.1 Å². The maximum Gasteiger partial charge on any atom is 0.264 e. The highest BCUT2D eigenvalue weighted by Crippen LogP contribution is 2.33. The summed E-state index contributed by atoms with van der Waals surface area (Å²) in [6.45, 7) is 3.64. The molecule has 4 heterocycles. The number of fused-ring (bicyclic) bond motifs is 2. The number of benzene rings is 2. The van der Waals surface area contributed by atoms with Crippen LogP contribution in [0.1, 0.15) is 45.8 Å². The molecule has 9 nitrogen and oxygen atoms in total. The number of carbonyl (C=O) groups excluding carboxylic acids is 1. The summed E-state index contributed by atoms with van der Waals surface area (Å²) in [5.41, 5.74) is 9.71. The zero-order valence-electron chi connectivity index (χ0n) is 22.7. The minimum Gasteiger partial charge on any atom is -0.381 e. The first-order chi connectivity index (χ1) is 20.3. The number of aryl methyl sites for hydroxylation is 1. The SMILES string of the molecule is Cc1ccn2nc(N)c(C(=O)N[C@@H](C)c3c(Br)c4cccc(C#Cc5ccncc5)c4c(=O)n3-c3ccccc3)c2n1. The third-order valence-electron chi connectivity index (χ3n) is 6.86. The zero-order valence-corrected chi connectivity index (χ0v) is 24.3. The summed E-state index contributed by atoms with van der Waals surface area (Å²) in [6, 6.07) is 19.6. The van der Waals surface area contributed by atoms with Gasteiger partial charge in [-0.2, -0.15) is 0 Å². The molecule has 0 saturated carbocycles. The molecule has 0 aliphatic rings. The molecule has 42 heavy (non-hydrogen) atoms. The molecular weight excluding hydrogens is 594 g/mol. The van der Waals surface area contributed by atoms with Gasteiger partial charge in [0.2, 0.25) is 0 Å². The number of rotatable bonds is 4. The van der Waals surface area contributed by atoms with E-state index in [4.69, 9.17) is 5.73 Å². The molecular formula is C32H24BrN7O2. The molecule has 1 atom stereocenters. The first-order valence-corrected chi connectivity index (χ1v) is 13.9. The summed E-state index contributed by atoms with van der Waals surface area (Å²) in [6.07, 6.45) is 5.05. The number of nitrogen functional groups attached to an aromatic ring is 1. The minimum atomic E-state index is -0.630. The second-order valence-electron chi connectivity index (χ2n) is 9.68. The largest absolute Gasteiger partial charge is 0.381 e. The number of para-hydroxylation sites is 1. The van der Waals surface area contributed by atoms with Gasteiger partial charge in [0.1, 0.15) is 5.56 Å². The van der Waals surface area contributed by atoms with Crippen molar-refractivity contribution in [2.75, 3.05) is 5.73 Å². The van der Waals surface area contributed by atoms with Crippen LogP contribution in [-0.2, 0) is 0 Å². The fourth-order valence-corrected chi connectivity index (χ4v) is 5.76. The average molecular weight is 618 g/mol. The van der Waals surface area contributed by atoms with Crippen LogP contribution < -0.4 is 16.6 Å². The fraction of sp³-hybridized carbons (Fsp3) is 0.0938. The van der Waals surface area contributed by atoms with Crippen LogP contribution in [-0.4, -0.2) is 30.1 Å². The number of nitrogens with two attached hydrogens (primary N) is 1. The molecule has 0 aliphatic heterocycles. The molecule has 2 aromatic carbocycles. The van der Waals surface area contributed by atoms with Gasteiger partial charge in [0, 0.05) is 51.0 Å². The van der Waals surface area contributed by atoms with Crippen LogP contribution in [0.2, 0.25) is 0 Å². The minimum absolute atomic E-state index is 0.0632. The van der Waals surface area contributed by atoms with Crippen LogP contribution in [0.3, 0.4) is 0 Å². The van der Waals surface area contributed by atoms with E-state index < -0.39 is 11.9 Å². The Morgan fingerprint density at radius 1 is 1.02 bits per heavy atom. The van der Waals surface area contributed by atoms with Gasteiger partial charge in [-0.25, -0.2) is 9.50 Å². The van der Waals surface area contributed by atoms with Crippen LogP contribution in [0.5, 0.6) is 0 Å². The zero-order chi connectivity index (χ0) is 29.4. The van der Waals surface area contributed by atoms with E-state index in [1.54, 1.807) is 29.2 Å². The average Bonchev–Trinajstić information content (AvgIpc) is 3.33. The smallest absolute Gasteiger partial charge is 0.264 e. The lowest BCUT2D eigenvalue weighted by atomic mass is 10.0. The maximum atomic E-state index is 14.3. The number of nitrogens with one attached hydrogen (secondary N) is 1. The van der Waals surface area contributed by atoms with Gasteiger partial charge in [0.25, 0.3) is 11.5 Å². The van der Waals surface area contributed by atoms with E-state index in [9.17, 15) is 9.59 Å². The van der Waals surface area contributed by atoms with Crippen LogP contribution in [0, 0.1) is 18.8 Å². The van der Waals surface area contributed by atoms with Crippen molar-refractivity contribution in [3.05, 3.63) is 128 Å². The number of halogens is 1. The molecule has 0 radical (unpaired) electrons. The molecule has 206 valence electrons. The molecule has 4 aromatic heterocycles. The Kier molecular flexibility index (Phi) is 7.02. The van der Waals surface area contributed by atoms with Crippen LogP contribution >= 0.6 is 15.9 Å². The van der Waals surface area contributed by atoms with Crippen molar-refractivity contribution in [3.8, 4) is 17.5 Å². The lowest BCUT2D eigenvalue weighted by Gasteiger charge is -2.23. The molecule has 3 N–H and O–H groups in total. The number of anilines is 1. The highest BCUT2D eigenvalue weighted by molar-refractivity contribution is 9.10. The van der Waals surface area contributed by atoms with E-state index in [0.717, 1.165) is 11.3 Å². The number of carbonyl (C=O) groups is 1. The Morgan fingerprint density at radius 3 is 2.55 bits per heavy atom. The standard InChI is InChI=1S/C32H24BrN7O2/c1-19-15-18-39-30(36-19)26(29(34)38-39)31(41)37-20(2)28-27(33)24-10-6-7-22(12-11-21-13-16-35-17-14-21)25(24)32(42)40(28)23-8-4-3-5-9-23/h3-10,13-18,20H,1-2H3,(H2,34,38)(H,37,41)/t20-/m0/s1. The van der Waals surface area contributed by atoms with Crippen LogP contribution in [0.15, 0.2) is 94.6 Å². The molecule has 1 amide bonds. The first kappa shape index (κ1) is 26.9. The van der Waals surface area contributed by atoms with Gasteiger partial charge in [0.05, 0.1) is 17.1 Å². The van der Waals surface area contributed by atoms with Crippen molar-refractivity contribution >= 4 is 44.1 Å². The van der Waals surface area contributed by atoms with Crippen molar-refractivity contribution in [1.82, 2.24) is 29.5 Å². The Balaban J connectivity index is 1.52. The van der Waals surface area contributed by atoms with Crippen molar-refractivity contribution in [2.24, 2.45) is 0 Å². The summed E-state index contributed by atoms with van der Waals surface area (Å²) in [7, 11) is 0. The molecule has 0 aliphatic carbocycles. The lowest BCUT2D eigenvalue weighted by molar-refractivity contribution is 0.0941. The van der Waals surface area contributed by atoms with E-state index >= 15 is 0 Å². The lowest BCUT2D eigenvalue weighted by Crippen LogP contribution is -2.33. The topological polar surface area (TPSA) is 120 Å². The van der Waals surface area contributed by atoms with Gasteiger partial charge in [-0.1, -0.05) is 42.2 Å². The van der Waals surface area contributed by atoms with Crippen molar-refractivity contribution in [2.45, 2.75) is 19.9 Å². The van der Waals surface area contributed by atoms with Crippen LogP contribution in [0.4, 0.5) is 5.82 Å².